The second kappa shape index (κ2) is 3.60. The highest BCUT2D eigenvalue weighted by molar-refractivity contribution is 4.89. The highest BCUT2D eigenvalue weighted by Gasteiger charge is 1.99. The molecule has 0 aliphatic rings. The van der Waals surface area contributed by atoms with Crippen LogP contribution in [0, 0.1) is 23.7 Å². The van der Waals surface area contributed by atoms with Crippen LogP contribution in [0.15, 0.2) is 0 Å². The van der Waals surface area contributed by atoms with Gasteiger partial charge in [-0.25, -0.2) is 4.39 Å². The molecule has 0 aromatic rings. The van der Waals surface area contributed by atoms with Gasteiger partial charge < -0.3 is 0 Å². The number of alkyl halides is 1. The van der Waals surface area contributed by atoms with Gasteiger partial charge in [-0.15, -0.1) is 0 Å². The van der Waals surface area contributed by atoms with Crippen molar-refractivity contribution in [3.05, 3.63) is 6.42 Å². The fourth-order valence-electron chi connectivity index (χ4n) is 0.198. The molecular weight excluding hydrogens is 93.1 g/mol. The van der Waals surface area contributed by atoms with Crippen LogP contribution in [0.5, 0.6) is 0 Å². The lowest BCUT2D eigenvalue weighted by Crippen LogP contribution is -1.95. The number of rotatable bonds is 2. The third-order valence-electron chi connectivity index (χ3n) is 0.734. The molecule has 1 unspecified atom stereocenters. The molecule has 0 aliphatic heterocycles. The van der Waals surface area contributed by atoms with Crippen LogP contribution in [0.4, 0.5) is 4.39 Å². The summed E-state index contributed by atoms with van der Waals surface area (Å²) in [4.78, 5) is 0. The summed E-state index contributed by atoms with van der Waals surface area (Å²) >= 11 is 0. The topological polar surface area (TPSA) is 23.8 Å². The van der Waals surface area contributed by atoms with Crippen molar-refractivity contribution in [1.82, 2.24) is 0 Å². The predicted octanol–water partition coefficient (Wildman–Crippen LogP) is 1.32. The molecule has 1 radical (unpaired) electrons. The van der Waals surface area contributed by atoms with E-state index in [0.29, 0.717) is 0 Å². The van der Waals surface area contributed by atoms with Crippen LogP contribution in [0.2, 0.25) is 0 Å². The Hall–Kier alpha value is -0.580. The first-order valence-corrected chi connectivity index (χ1v) is 2.10. The van der Waals surface area contributed by atoms with Gasteiger partial charge in [0.15, 0.2) is 0 Å². The minimum atomic E-state index is -0.562. The Morgan fingerprint density at radius 1 is 2.00 bits per heavy atom. The standard InChI is InChI=1S/C5H7FN/c1-2-5(3-6)4-7/h2,5H,3H2,1H3. The normalized spacial score (nSPS) is 12.7. The predicted molar refractivity (Wildman–Crippen MR) is 25.1 cm³/mol. The monoisotopic (exact) mass is 100 g/mol. The van der Waals surface area contributed by atoms with Crippen LogP contribution >= 0.6 is 0 Å². The Balaban J connectivity index is 3.23. The van der Waals surface area contributed by atoms with Crippen LogP contribution in [0.3, 0.4) is 0 Å². The van der Waals surface area contributed by atoms with Crippen LogP contribution in [-0.2, 0) is 0 Å². The van der Waals surface area contributed by atoms with Crippen LogP contribution < -0.4 is 0 Å². The van der Waals surface area contributed by atoms with Gasteiger partial charge in [-0.05, 0) is 6.42 Å². The van der Waals surface area contributed by atoms with Gasteiger partial charge in [0.1, 0.15) is 6.67 Å². The van der Waals surface area contributed by atoms with E-state index in [4.69, 9.17) is 5.26 Å². The summed E-state index contributed by atoms with van der Waals surface area (Å²) in [5.74, 6) is -0.500. The Kier molecular flexibility index (Phi) is 3.31. The Morgan fingerprint density at radius 2 is 2.57 bits per heavy atom. The van der Waals surface area contributed by atoms with Gasteiger partial charge in [-0.2, -0.15) is 5.26 Å². The molecule has 1 atom stereocenters. The number of nitrogens with zero attached hydrogens (tertiary/aromatic N) is 1. The molecule has 0 saturated heterocycles. The molecule has 0 bridgehead atoms. The maximum Gasteiger partial charge on any atom is 0.105 e. The summed E-state index contributed by atoms with van der Waals surface area (Å²) < 4.78 is 11.4. The largest absolute Gasteiger partial charge is 0.250 e. The van der Waals surface area contributed by atoms with Crippen LogP contribution in [-0.4, -0.2) is 6.67 Å². The third-order valence-corrected chi connectivity index (χ3v) is 0.734. The van der Waals surface area contributed by atoms with Crippen molar-refractivity contribution < 1.29 is 4.39 Å². The molecule has 0 fully saturated rings. The van der Waals surface area contributed by atoms with Crippen LogP contribution in [0.1, 0.15) is 6.92 Å². The first-order valence-electron chi connectivity index (χ1n) is 2.10. The molecule has 1 nitrogen and oxygen atoms in total. The third kappa shape index (κ3) is 2.16. The molecule has 0 spiro atoms. The lowest BCUT2D eigenvalue weighted by atomic mass is 10.1. The van der Waals surface area contributed by atoms with E-state index in [2.05, 4.69) is 0 Å². The highest BCUT2D eigenvalue weighted by Crippen LogP contribution is 1.97. The van der Waals surface area contributed by atoms with Gasteiger partial charge in [0.05, 0.1) is 12.0 Å². The van der Waals surface area contributed by atoms with E-state index in [1.54, 1.807) is 19.4 Å². The maximum absolute atomic E-state index is 11.4. The molecular formula is C5H7FN. The Labute approximate surface area is 42.8 Å². The zero-order valence-corrected chi connectivity index (χ0v) is 4.19. The molecule has 0 aromatic carbocycles. The van der Waals surface area contributed by atoms with E-state index in [1.165, 1.54) is 0 Å². The first-order chi connectivity index (χ1) is 3.35. The molecule has 39 valence electrons. The van der Waals surface area contributed by atoms with Crippen molar-refractivity contribution in [1.29, 1.82) is 5.26 Å². The molecule has 2 heteroatoms. The van der Waals surface area contributed by atoms with E-state index in [0.717, 1.165) is 0 Å². The van der Waals surface area contributed by atoms with Gasteiger partial charge >= 0.3 is 0 Å². The molecule has 0 rings (SSSR count). The number of hydrogen-bond donors (Lipinski definition) is 0. The second-order valence-corrected chi connectivity index (χ2v) is 1.22. The fourth-order valence-corrected chi connectivity index (χ4v) is 0.198. The molecule has 0 heterocycles. The smallest absolute Gasteiger partial charge is 0.105 e. The van der Waals surface area contributed by atoms with E-state index in [-0.39, 0.29) is 0 Å². The van der Waals surface area contributed by atoms with E-state index >= 15 is 0 Å². The van der Waals surface area contributed by atoms with Crippen molar-refractivity contribution in [2.75, 3.05) is 6.67 Å². The van der Waals surface area contributed by atoms with Gasteiger partial charge in [0.2, 0.25) is 0 Å². The molecule has 0 aromatic heterocycles. The van der Waals surface area contributed by atoms with E-state index < -0.39 is 12.6 Å². The van der Waals surface area contributed by atoms with E-state index in [1.807, 2.05) is 0 Å². The van der Waals surface area contributed by atoms with Gasteiger partial charge in [-0.1, -0.05) is 6.92 Å². The number of nitriles is 1. The number of hydrogen-bond acceptors (Lipinski definition) is 1. The van der Waals surface area contributed by atoms with Crippen molar-refractivity contribution in [2.45, 2.75) is 6.92 Å². The molecule has 0 saturated carbocycles. The van der Waals surface area contributed by atoms with Gasteiger partial charge in [-0.3, -0.25) is 0 Å². The average molecular weight is 100 g/mol. The lowest BCUT2D eigenvalue weighted by Gasteiger charge is -1.92. The average Bonchev–Trinajstić information content (AvgIpc) is 1.72. The summed E-state index contributed by atoms with van der Waals surface area (Å²) in [5, 5.41) is 8.00. The van der Waals surface area contributed by atoms with Crippen LogP contribution in [0.25, 0.3) is 0 Å². The molecule has 0 aliphatic carbocycles. The Morgan fingerprint density at radius 3 is 2.57 bits per heavy atom. The zero-order valence-electron chi connectivity index (χ0n) is 4.19. The zero-order chi connectivity index (χ0) is 5.70. The van der Waals surface area contributed by atoms with Crippen molar-refractivity contribution in [3.8, 4) is 6.07 Å². The number of halogens is 1. The lowest BCUT2D eigenvalue weighted by molar-refractivity contribution is 0.444. The fraction of sp³-hybridized carbons (Fsp3) is 0.600. The van der Waals surface area contributed by atoms with Gasteiger partial charge in [0.25, 0.3) is 0 Å². The first kappa shape index (κ1) is 6.42. The summed E-state index contributed by atoms with van der Waals surface area (Å²) in [6.45, 7) is 1.11. The van der Waals surface area contributed by atoms with E-state index in [9.17, 15) is 4.39 Å². The second-order valence-electron chi connectivity index (χ2n) is 1.22. The summed E-state index contributed by atoms with van der Waals surface area (Å²) in [6.07, 6.45) is 1.54. The van der Waals surface area contributed by atoms with Gasteiger partial charge in [0, 0.05) is 0 Å². The van der Waals surface area contributed by atoms with Crippen molar-refractivity contribution >= 4 is 0 Å². The molecule has 7 heavy (non-hydrogen) atoms. The SMILES string of the molecule is C[CH]C(C#N)CF. The molecule has 0 amide bonds. The summed E-state index contributed by atoms with van der Waals surface area (Å²) in [6, 6.07) is 1.77. The highest BCUT2D eigenvalue weighted by atomic mass is 19.1. The minimum absolute atomic E-state index is 0.500. The maximum atomic E-state index is 11.4. The van der Waals surface area contributed by atoms with Crippen molar-refractivity contribution in [3.63, 3.8) is 0 Å². The van der Waals surface area contributed by atoms with Crippen molar-refractivity contribution in [2.24, 2.45) is 5.92 Å². The summed E-state index contributed by atoms with van der Waals surface area (Å²) in [7, 11) is 0. The minimum Gasteiger partial charge on any atom is -0.250 e. The molecule has 0 N–H and O–H groups in total. The Bertz CT molecular complexity index is 70.6. The quantitative estimate of drug-likeness (QED) is 0.513. The summed E-state index contributed by atoms with van der Waals surface area (Å²) in [5.41, 5.74) is 0.